The molecule has 27 heavy (non-hydrogen) atoms. The second-order valence-corrected chi connectivity index (χ2v) is 5.73. The number of ether oxygens (including phenoxy) is 1. The second-order valence-electron chi connectivity index (χ2n) is 5.73. The van der Waals surface area contributed by atoms with E-state index in [0.29, 0.717) is 18.9 Å². The Labute approximate surface area is 177 Å². The fourth-order valence-electron chi connectivity index (χ4n) is 2.36. The quantitative estimate of drug-likeness (QED) is 0.231. The van der Waals surface area contributed by atoms with Crippen LogP contribution < -0.4 is 10.6 Å². The van der Waals surface area contributed by atoms with Gasteiger partial charge in [0.05, 0.1) is 5.69 Å². The number of nitrogens with zero attached hydrogens (tertiary/aromatic N) is 2. The average Bonchev–Trinajstić information content (AvgIpc) is 3.12. The van der Waals surface area contributed by atoms with E-state index in [-0.39, 0.29) is 29.8 Å². The summed E-state index contributed by atoms with van der Waals surface area (Å²) < 4.78 is 23.7. The number of rotatable bonds is 10. The lowest BCUT2D eigenvalue weighted by molar-refractivity contribution is 0.143. The zero-order valence-electron chi connectivity index (χ0n) is 15.8. The predicted octanol–water partition coefficient (Wildman–Crippen LogP) is 3.62. The highest BCUT2D eigenvalue weighted by atomic mass is 127. The van der Waals surface area contributed by atoms with Crippen LogP contribution in [0.15, 0.2) is 39.9 Å². The van der Waals surface area contributed by atoms with Gasteiger partial charge in [-0.2, -0.15) is 0 Å². The normalized spacial score (nSPS) is 11.1. The predicted molar refractivity (Wildman–Crippen MR) is 116 cm³/mol. The Kier molecular flexibility index (Phi) is 11.7. The summed E-state index contributed by atoms with van der Waals surface area (Å²) in [6, 6.07) is 6.09. The van der Waals surface area contributed by atoms with Gasteiger partial charge in [-0.05, 0) is 44.0 Å². The van der Waals surface area contributed by atoms with Crippen LogP contribution in [-0.2, 0) is 11.2 Å². The zero-order valence-corrected chi connectivity index (χ0v) is 18.2. The third-order valence-electron chi connectivity index (χ3n) is 3.75. The Morgan fingerprint density at radius 3 is 2.63 bits per heavy atom. The molecule has 0 unspecified atom stereocenters. The molecule has 2 rings (SSSR count). The molecule has 0 atom stereocenters. The molecule has 0 saturated heterocycles. The molecule has 150 valence electrons. The molecular formula is C19H28FIN4O2. The van der Waals surface area contributed by atoms with Crippen LogP contribution in [0.5, 0.6) is 0 Å². The van der Waals surface area contributed by atoms with Crippen LogP contribution in [0.1, 0.15) is 25.5 Å². The molecule has 1 aromatic carbocycles. The maximum absolute atomic E-state index is 13.0. The summed E-state index contributed by atoms with van der Waals surface area (Å²) in [5.41, 5.74) is 1.60. The summed E-state index contributed by atoms with van der Waals surface area (Å²) in [5, 5.41) is 6.53. The maximum Gasteiger partial charge on any atom is 0.226 e. The van der Waals surface area contributed by atoms with Crippen molar-refractivity contribution >= 4 is 29.9 Å². The van der Waals surface area contributed by atoms with Crippen molar-refractivity contribution in [3.05, 3.63) is 42.0 Å². The molecule has 2 N–H and O–H groups in total. The topological polar surface area (TPSA) is 71.7 Å². The highest BCUT2D eigenvalue weighted by molar-refractivity contribution is 14.0. The number of oxazole rings is 1. The van der Waals surface area contributed by atoms with E-state index in [1.165, 1.54) is 12.1 Å². The monoisotopic (exact) mass is 490 g/mol. The van der Waals surface area contributed by atoms with Gasteiger partial charge in [0.25, 0.3) is 0 Å². The molecule has 2 aromatic rings. The number of benzene rings is 1. The van der Waals surface area contributed by atoms with Crippen LogP contribution in [0.3, 0.4) is 0 Å². The van der Waals surface area contributed by atoms with Gasteiger partial charge in [0.1, 0.15) is 12.1 Å². The summed E-state index contributed by atoms with van der Waals surface area (Å²) in [4.78, 5) is 8.63. The lowest BCUT2D eigenvalue weighted by Gasteiger charge is -2.11. The lowest BCUT2D eigenvalue weighted by atomic mass is 10.2. The van der Waals surface area contributed by atoms with Gasteiger partial charge in [0.15, 0.2) is 5.96 Å². The van der Waals surface area contributed by atoms with Gasteiger partial charge < -0.3 is 19.8 Å². The van der Waals surface area contributed by atoms with E-state index in [0.717, 1.165) is 49.8 Å². The Bertz CT molecular complexity index is 677. The molecule has 0 spiro atoms. The number of hydrogen-bond acceptors (Lipinski definition) is 4. The van der Waals surface area contributed by atoms with Gasteiger partial charge in [-0.3, -0.25) is 4.99 Å². The first-order valence-corrected chi connectivity index (χ1v) is 8.95. The molecule has 8 heteroatoms. The first kappa shape index (κ1) is 23.4. The molecule has 0 aliphatic heterocycles. The molecule has 0 radical (unpaired) electrons. The third kappa shape index (κ3) is 8.70. The highest BCUT2D eigenvalue weighted by Gasteiger charge is 2.07. The van der Waals surface area contributed by atoms with Gasteiger partial charge in [-0.15, -0.1) is 24.0 Å². The van der Waals surface area contributed by atoms with Crippen molar-refractivity contribution in [1.29, 1.82) is 0 Å². The largest absolute Gasteiger partial charge is 0.444 e. The number of unbranched alkanes of at least 4 members (excludes halogenated alkanes) is 1. The average molecular weight is 490 g/mol. The Morgan fingerprint density at radius 1 is 1.19 bits per heavy atom. The van der Waals surface area contributed by atoms with Crippen LogP contribution in [0, 0.1) is 5.82 Å². The summed E-state index contributed by atoms with van der Waals surface area (Å²) in [5.74, 6) is 0.988. The Morgan fingerprint density at radius 2 is 1.93 bits per heavy atom. The van der Waals surface area contributed by atoms with Gasteiger partial charge in [0, 0.05) is 45.3 Å². The number of halogens is 2. The van der Waals surface area contributed by atoms with E-state index in [1.807, 2.05) is 6.92 Å². The molecule has 0 aliphatic carbocycles. The van der Waals surface area contributed by atoms with E-state index in [4.69, 9.17) is 9.15 Å². The van der Waals surface area contributed by atoms with Gasteiger partial charge in [-0.1, -0.05) is 0 Å². The van der Waals surface area contributed by atoms with E-state index < -0.39 is 0 Å². The summed E-state index contributed by atoms with van der Waals surface area (Å²) >= 11 is 0. The first-order chi connectivity index (χ1) is 12.7. The minimum absolute atomic E-state index is 0. The summed E-state index contributed by atoms with van der Waals surface area (Å²) in [6.07, 6.45) is 4.40. The van der Waals surface area contributed by atoms with Gasteiger partial charge in [-0.25, -0.2) is 9.37 Å². The fraction of sp³-hybridized carbons (Fsp3) is 0.474. The van der Waals surface area contributed by atoms with Crippen molar-refractivity contribution in [1.82, 2.24) is 15.6 Å². The smallest absolute Gasteiger partial charge is 0.226 e. The molecule has 0 saturated carbocycles. The van der Waals surface area contributed by atoms with Crippen LogP contribution in [0.25, 0.3) is 11.5 Å². The first-order valence-electron chi connectivity index (χ1n) is 8.95. The van der Waals surface area contributed by atoms with Crippen molar-refractivity contribution in [2.75, 3.05) is 33.4 Å². The van der Waals surface area contributed by atoms with E-state index in [2.05, 4.69) is 20.6 Å². The van der Waals surface area contributed by atoms with E-state index in [1.54, 1.807) is 25.4 Å². The Hall–Kier alpha value is -1.68. The van der Waals surface area contributed by atoms with Crippen LogP contribution in [-0.4, -0.2) is 44.3 Å². The van der Waals surface area contributed by atoms with Crippen LogP contribution >= 0.6 is 24.0 Å². The number of nitrogens with one attached hydrogen (secondary N) is 2. The van der Waals surface area contributed by atoms with Crippen molar-refractivity contribution in [2.45, 2.75) is 26.2 Å². The number of aliphatic imine (C=N–C) groups is 1. The number of aromatic nitrogens is 1. The number of guanidine groups is 1. The van der Waals surface area contributed by atoms with Crippen molar-refractivity contribution in [3.8, 4) is 11.5 Å². The maximum atomic E-state index is 13.0. The standard InChI is InChI=1S/C19H27FN4O2.HI/c1-3-25-13-5-4-11-22-19(21-2)23-12-10-17-14-26-18(24-17)15-6-8-16(20)9-7-15;/h6-9,14H,3-5,10-13H2,1-2H3,(H2,21,22,23);1H. The molecule has 0 aliphatic rings. The van der Waals surface area contributed by atoms with Crippen molar-refractivity contribution in [3.63, 3.8) is 0 Å². The SMILES string of the molecule is CCOCCCCNC(=NC)NCCc1coc(-c2ccc(F)cc2)n1.I. The lowest BCUT2D eigenvalue weighted by Crippen LogP contribution is -2.38. The van der Waals surface area contributed by atoms with E-state index >= 15 is 0 Å². The molecule has 1 aromatic heterocycles. The fourth-order valence-corrected chi connectivity index (χ4v) is 2.36. The van der Waals surface area contributed by atoms with Gasteiger partial charge in [0.2, 0.25) is 5.89 Å². The summed E-state index contributed by atoms with van der Waals surface area (Å²) in [6.45, 7) is 5.11. The third-order valence-corrected chi connectivity index (χ3v) is 3.75. The Balaban J connectivity index is 0.00000364. The van der Waals surface area contributed by atoms with Crippen LogP contribution in [0.4, 0.5) is 4.39 Å². The van der Waals surface area contributed by atoms with Gasteiger partial charge >= 0.3 is 0 Å². The highest BCUT2D eigenvalue weighted by Crippen LogP contribution is 2.18. The summed E-state index contributed by atoms with van der Waals surface area (Å²) in [7, 11) is 1.75. The molecule has 0 fully saturated rings. The van der Waals surface area contributed by atoms with E-state index in [9.17, 15) is 4.39 Å². The van der Waals surface area contributed by atoms with Crippen molar-refractivity contribution in [2.24, 2.45) is 4.99 Å². The molecular weight excluding hydrogens is 462 g/mol. The molecule has 6 nitrogen and oxygen atoms in total. The zero-order chi connectivity index (χ0) is 18.6. The molecule has 0 bridgehead atoms. The minimum Gasteiger partial charge on any atom is -0.444 e. The number of hydrogen-bond donors (Lipinski definition) is 2. The molecule has 1 heterocycles. The minimum atomic E-state index is -0.276. The molecule has 0 amide bonds. The van der Waals surface area contributed by atoms with Crippen LogP contribution in [0.2, 0.25) is 0 Å². The second kappa shape index (κ2) is 13.5. The van der Waals surface area contributed by atoms with Crippen molar-refractivity contribution < 1.29 is 13.5 Å².